The second kappa shape index (κ2) is 8.54. The lowest BCUT2D eigenvalue weighted by Gasteiger charge is -2.10. The average Bonchev–Trinajstić information content (AvgIpc) is 2.47. The Hall–Kier alpha value is -1.88. The van der Waals surface area contributed by atoms with Gasteiger partial charge in [-0.05, 0) is 44.0 Å². The molecule has 0 aromatic heterocycles. The second-order valence-corrected chi connectivity index (χ2v) is 6.40. The van der Waals surface area contributed by atoms with Crippen LogP contribution in [0.4, 0.5) is 0 Å². The van der Waals surface area contributed by atoms with E-state index < -0.39 is 22.0 Å². The zero-order valence-electron chi connectivity index (χ0n) is 12.2. The Kier molecular flexibility index (Phi) is 7.05. The van der Waals surface area contributed by atoms with E-state index >= 15 is 0 Å². The van der Waals surface area contributed by atoms with E-state index in [1.54, 1.807) is 12.1 Å². The van der Waals surface area contributed by atoms with Gasteiger partial charge in [0.25, 0.3) is 0 Å². The summed E-state index contributed by atoms with van der Waals surface area (Å²) in [6.07, 6.45) is 2.19. The molecule has 1 aromatic carbocycles. The molecule has 3 N–H and O–H groups in total. The molecule has 0 saturated carbocycles. The fourth-order valence-electron chi connectivity index (χ4n) is 1.56. The topological polar surface area (TPSA) is 104 Å². The van der Waals surface area contributed by atoms with Gasteiger partial charge >= 0.3 is 5.97 Å². The fourth-order valence-corrected chi connectivity index (χ4v) is 2.76. The summed E-state index contributed by atoms with van der Waals surface area (Å²) in [7, 11) is -3.86. The predicted octanol–water partition coefficient (Wildman–Crippen LogP) is 0.952. The van der Waals surface area contributed by atoms with Crippen LogP contribution in [-0.2, 0) is 14.8 Å². The van der Waals surface area contributed by atoms with Crippen LogP contribution in [0.2, 0.25) is 0 Å². The lowest BCUT2D eigenvalue weighted by atomic mass is 10.2. The van der Waals surface area contributed by atoms with Crippen LogP contribution < -0.4 is 4.72 Å². The van der Waals surface area contributed by atoms with Gasteiger partial charge in [-0.1, -0.05) is 11.8 Å². The molecule has 0 fully saturated rings. The molecule has 0 aliphatic rings. The highest BCUT2D eigenvalue weighted by atomic mass is 32.2. The third-order valence-electron chi connectivity index (χ3n) is 2.81. The van der Waals surface area contributed by atoms with Crippen molar-refractivity contribution in [2.45, 2.75) is 37.1 Å². The van der Waals surface area contributed by atoms with Crippen molar-refractivity contribution in [3.63, 3.8) is 0 Å². The van der Waals surface area contributed by atoms with Crippen molar-refractivity contribution in [1.29, 1.82) is 0 Å². The van der Waals surface area contributed by atoms with Gasteiger partial charge < -0.3 is 10.2 Å². The highest BCUT2D eigenvalue weighted by molar-refractivity contribution is 7.89. The number of carboxylic acid groups (broad SMARTS) is 1. The van der Waals surface area contributed by atoms with E-state index in [1.807, 2.05) is 0 Å². The highest BCUT2D eigenvalue weighted by Crippen LogP contribution is 2.10. The minimum Gasteiger partial charge on any atom is -0.480 e. The van der Waals surface area contributed by atoms with Crippen LogP contribution >= 0.6 is 0 Å². The minimum atomic E-state index is -3.86. The van der Waals surface area contributed by atoms with Crippen molar-refractivity contribution >= 4 is 16.0 Å². The van der Waals surface area contributed by atoms with Gasteiger partial charge in [0.2, 0.25) is 10.0 Å². The summed E-state index contributed by atoms with van der Waals surface area (Å²) in [5.41, 5.74) is 0.675. The Labute approximate surface area is 130 Å². The van der Waals surface area contributed by atoms with Crippen molar-refractivity contribution < 1.29 is 23.4 Å². The smallest absolute Gasteiger partial charge is 0.321 e. The maximum Gasteiger partial charge on any atom is 0.321 e. The largest absolute Gasteiger partial charge is 0.480 e. The number of carboxylic acids is 1. The van der Waals surface area contributed by atoms with Crippen LogP contribution in [-0.4, -0.2) is 37.2 Å². The van der Waals surface area contributed by atoms with Gasteiger partial charge in [-0.25, -0.2) is 8.42 Å². The molecule has 0 bridgehead atoms. The predicted molar refractivity (Wildman–Crippen MR) is 81.7 cm³/mol. The number of aliphatic hydroxyl groups is 1. The second-order valence-electron chi connectivity index (χ2n) is 4.69. The molecule has 120 valence electrons. The summed E-state index contributed by atoms with van der Waals surface area (Å²) in [6, 6.07) is 4.71. The number of aliphatic hydroxyl groups excluding tert-OH is 1. The Morgan fingerprint density at radius 3 is 2.45 bits per heavy atom. The molecule has 1 aromatic rings. The normalized spacial score (nSPS) is 12.3. The Morgan fingerprint density at radius 2 is 1.91 bits per heavy atom. The third kappa shape index (κ3) is 5.85. The molecule has 0 aliphatic carbocycles. The fraction of sp³-hybridized carbons (Fsp3) is 0.400. The molecule has 22 heavy (non-hydrogen) atoms. The Bertz CT molecular complexity index is 655. The summed E-state index contributed by atoms with van der Waals surface area (Å²) in [5, 5.41) is 17.4. The maximum atomic E-state index is 12.0. The van der Waals surface area contributed by atoms with E-state index in [0.29, 0.717) is 18.4 Å². The number of unbranched alkanes of at least 4 members (excludes halogenated alkanes) is 2. The van der Waals surface area contributed by atoms with Gasteiger partial charge in [-0.3, -0.25) is 4.79 Å². The molecule has 0 aliphatic heterocycles. The molecule has 6 nitrogen and oxygen atoms in total. The molecular formula is C15H19NO5S. The lowest BCUT2D eigenvalue weighted by molar-refractivity contribution is -0.138. The molecule has 1 rings (SSSR count). The highest BCUT2D eigenvalue weighted by Gasteiger charge is 2.21. The van der Waals surface area contributed by atoms with Crippen molar-refractivity contribution in [2.24, 2.45) is 0 Å². The number of nitrogens with one attached hydrogen (secondary N) is 1. The van der Waals surface area contributed by atoms with Gasteiger partial charge in [0.05, 0.1) is 4.90 Å². The zero-order chi connectivity index (χ0) is 16.6. The van der Waals surface area contributed by atoms with Crippen molar-refractivity contribution in [2.75, 3.05) is 6.61 Å². The minimum absolute atomic E-state index is 0.00793. The molecule has 0 unspecified atom stereocenters. The summed E-state index contributed by atoms with van der Waals surface area (Å²) >= 11 is 0. The molecule has 7 heteroatoms. The van der Waals surface area contributed by atoms with Crippen molar-refractivity contribution in [1.82, 2.24) is 4.72 Å². The number of hydrogen-bond acceptors (Lipinski definition) is 4. The van der Waals surface area contributed by atoms with Crippen LogP contribution in [0.15, 0.2) is 29.2 Å². The first-order valence-electron chi connectivity index (χ1n) is 6.82. The first-order chi connectivity index (χ1) is 10.4. The van der Waals surface area contributed by atoms with E-state index in [1.165, 1.54) is 19.1 Å². The third-order valence-corrected chi connectivity index (χ3v) is 4.37. The molecule has 0 amide bonds. The first kappa shape index (κ1) is 18.2. The molecule has 1 atom stereocenters. The van der Waals surface area contributed by atoms with Crippen molar-refractivity contribution in [3.8, 4) is 11.8 Å². The summed E-state index contributed by atoms with van der Waals surface area (Å²) in [6.45, 7) is 1.40. The van der Waals surface area contributed by atoms with E-state index in [2.05, 4.69) is 16.6 Å². The summed E-state index contributed by atoms with van der Waals surface area (Å²) < 4.78 is 26.0. The van der Waals surface area contributed by atoms with E-state index in [0.717, 1.165) is 6.42 Å². The Balaban J connectivity index is 2.73. The number of benzene rings is 1. The van der Waals surface area contributed by atoms with Crippen LogP contribution in [0, 0.1) is 11.8 Å². The standard InChI is InChI=1S/C15H19NO5S/c1-12(15(18)19)16-22(20,21)14-9-7-13(8-10-14)6-4-2-3-5-11-17/h7-10,12,16-17H,2-3,5,11H2,1H3,(H,18,19)/t12-/m1/s1. The van der Waals surface area contributed by atoms with Crippen LogP contribution in [0.5, 0.6) is 0 Å². The van der Waals surface area contributed by atoms with Crippen LogP contribution in [0.1, 0.15) is 31.7 Å². The zero-order valence-corrected chi connectivity index (χ0v) is 13.1. The van der Waals surface area contributed by atoms with Gasteiger partial charge in [0, 0.05) is 18.6 Å². The summed E-state index contributed by atoms with van der Waals surface area (Å²) in [5.74, 6) is 4.60. The van der Waals surface area contributed by atoms with E-state index in [4.69, 9.17) is 10.2 Å². The number of carbonyl (C=O) groups is 1. The van der Waals surface area contributed by atoms with E-state index in [-0.39, 0.29) is 11.5 Å². The van der Waals surface area contributed by atoms with Crippen LogP contribution in [0.3, 0.4) is 0 Å². The maximum absolute atomic E-state index is 12.0. The number of sulfonamides is 1. The van der Waals surface area contributed by atoms with Crippen molar-refractivity contribution in [3.05, 3.63) is 29.8 Å². The molecule has 0 saturated heterocycles. The van der Waals surface area contributed by atoms with Gasteiger partial charge in [0.15, 0.2) is 0 Å². The van der Waals surface area contributed by atoms with E-state index in [9.17, 15) is 13.2 Å². The average molecular weight is 325 g/mol. The number of aliphatic carboxylic acids is 1. The quantitative estimate of drug-likeness (QED) is 0.511. The first-order valence-corrected chi connectivity index (χ1v) is 8.30. The van der Waals surface area contributed by atoms with Crippen LogP contribution in [0.25, 0.3) is 0 Å². The van der Waals surface area contributed by atoms with Gasteiger partial charge in [-0.2, -0.15) is 4.72 Å². The lowest BCUT2D eigenvalue weighted by Crippen LogP contribution is -2.38. The number of rotatable bonds is 7. The molecular weight excluding hydrogens is 306 g/mol. The molecule has 0 radical (unpaired) electrons. The Morgan fingerprint density at radius 1 is 1.27 bits per heavy atom. The summed E-state index contributed by atoms with van der Waals surface area (Å²) in [4.78, 5) is 10.7. The molecule has 0 heterocycles. The SMILES string of the molecule is C[C@@H](NS(=O)(=O)c1ccc(C#CCCCCO)cc1)C(=O)O. The number of hydrogen-bond donors (Lipinski definition) is 3. The van der Waals surface area contributed by atoms with Gasteiger partial charge in [-0.15, -0.1) is 0 Å². The molecule has 0 spiro atoms. The monoisotopic (exact) mass is 325 g/mol. The van der Waals surface area contributed by atoms with Gasteiger partial charge in [0.1, 0.15) is 6.04 Å².